The van der Waals surface area contributed by atoms with Crippen LogP contribution in [0.2, 0.25) is 0 Å². The zero-order chi connectivity index (χ0) is 20.4. The number of allylic oxidation sites excluding steroid dienone is 2. The Morgan fingerprint density at radius 3 is 2.75 bits per heavy atom. The summed E-state index contributed by atoms with van der Waals surface area (Å²) in [4.78, 5) is 12.8. The molecule has 144 valence electrons. The Kier molecular flexibility index (Phi) is 5.23. The highest BCUT2D eigenvalue weighted by Gasteiger charge is 2.38. The molecule has 2 aromatic rings. The second-order valence-electron chi connectivity index (χ2n) is 6.58. The lowest BCUT2D eigenvalue weighted by Gasteiger charge is -2.29. The molecular formula is C21H22N4O3. The Bertz CT molecular complexity index is 1030. The second-order valence-corrected chi connectivity index (χ2v) is 6.58. The zero-order valence-corrected chi connectivity index (χ0v) is 16.3. The molecule has 7 heteroatoms. The van der Waals surface area contributed by atoms with Crippen LogP contribution in [-0.4, -0.2) is 22.4 Å². The maximum Gasteiger partial charge on any atom is 0.338 e. The van der Waals surface area contributed by atoms with Crippen molar-refractivity contribution in [2.75, 3.05) is 6.61 Å². The molecule has 0 fully saturated rings. The molecule has 7 nitrogen and oxygen atoms in total. The third kappa shape index (κ3) is 3.25. The van der Waals surface area contributed by atoms with Crippen LogP contribution in [0.3, 0.4) is 0 Å². The first-order valence-corrected chi connectivity index (χ1v) is 8.95. The zero-order valence-electron chi connectivity index (χ0n) is 16.3. The first-order chi connectivity index (χ1) is 13.4. The normalized spacial score (nSPS) is 16.6. The topological polar surface area (TPSA) is 103 Å². The van der Waals surface area contributed by atoms with Crippen LogP contribution in [-0.2, 0) is 14.3 Å². The maximum atomic E-state index is 12.8. The number of carbonyl (C=O) groups is 1. The number of nitrogens with zero attached hydrogens (tertiary/aromatic N) is 3. The van der Waals surface area contributed by atoms with Crippen molar-refractivity contribution in [2.45, 2.75) is 33.6 Å². The van der Waals surface area contributed by atoms with E-state index in [1.54, 1.807) is 24.7 Å². The monoisotopic (exact) mass is 378 g/mol. The minimum atomic E-state index is -0.711. The molecule has 0 bridgehead atoms. The van der Waals surface area contributed by atoms with Gasteiger partial charge in [-0.15, -0.1) is 0 Å². The van der Waals surface area contributed by atoms with Crippen molar-refractivity contribution in [3.05, 3.63) is 70.1 Å². The molecule has 0 amide bonds. The van der Waals surface area contributed by atoms with Gasteiger partial charge in [0.15, 0.2) is 0 Å². The summed E-state index contributed by atoms with van der Waals surface area (Å²) < 4.78 is 12.5. The number of carbonyl (C=O) groups excluding carboxylic acids is 1. The Balaban J connectivity index is 2.34. The Hall–Kier alpha value is -3.53. The maximum absolute atomic E-state index is 12.8. The van der Waals surface area contributed by atoms with Crippen molar-refractivity contribution in [3.63, 3.8) is 0 Å². The molecule has 1 aliphatic heterocycles. The second kappa shape index (κ2) is 7.61. The van der Waals surface area contributed by atoms with Crippen LogP contribution in [0.4, 0.5) is 0 Å². The number of nitrogens with two attached hydrogens (primary N) is 1. The van der Waals surface area contributed by atoms with E-state index in [1.165, 1.54) is 0 Å². The highest BCUT2D eigenvalue weighted by Crippen LogP contribution is 2.43. The van der Waals surface area contributed by atoms with Gasteiger partial charge < -0.3 is 15.2 Å². The molecule has 1 aliphatic rings. The van der Waals surface area contributed by atoms with Gasteiger partial charge in [-0.25, -0.2) is 9.48 Å². The summed E-state index contributed by atoms with van der Waals surface area (Å²) >= 11 is 0. The van der Waals surface area contributed by atoms with Crippen LogP contribution < -0.4 is 5.73 Å². The van der Waals surface area contributed by atoms with E-state index in [4.69, 9.17) is 15.2 Å². The van der Waals surface area contributed by atoms with Gasteiger partial charge in [0.2, 0.25) is 5.88 Å². The number of aryl methyl sites for hydroxylation is 2. The molecule has 1 aromatic carbocycles. The molecule has 0 saturated heterocycles. The predicted octanol–water partition coefficient (Wildman–Crippen LogP) is 3.13. The predicted molar refractivity (Wildman–Crippen MR) is 103 cm³/mol. The summed E-state index contributed by atoms with van der Waals surface area (Å²) in [5.41, 5.74) is 9.94. The fourth-order valence-electron chi connectivity index (χ4n) is 3.58. The minimum absolute atomic E-state index is 0.00978. The summed E-state index contributed by atoms with van der Waals surface area (Å²) in [6.07, 6.45) is 3.49. The number of nitriles is 1. The van der Waals surface area contributed by atoms with Gasteiger partial charge in [0, 0.05) is 12.4 Å². The average molecular weight is 378 g/mol. The van der Waals surface area contributed by atoms with Crippen molar-refractivity contribution in [1.82, 2.24) is 9.78 Å². The number of hydrogen-bond donors (Lipinski definition) is 1. The number of rotatable bonds is 4. The SMILES string of the molecule is CCOC(=O)C1=C(C)OC(N)=C(C#N)C1c1c(C)cc(C)cc1-n1cccn1. The molecule has 0 radical (unpaired) electrons. The number of aromatic nitrogens is 2. The molecule has 0 aliphatic carbocycles. The van der Waals surface area contributed by atoms with E-state index < -0.39 is 11.9 Å². The number of ether oxygens (including phenoxy) is 2. The van der Waals surface area contributed by atoms with Crippen LogP contribution in [0.25, 0.3) is 5.69 Å². The molecule has 2 heterocycles. The van der Waals surface area contributed by atoms with Crippen LogP contribution in [0.15, 0.2) is 53.4 Å². The van der Waals surface area contributed by atoms with Gasteiger partial charge >= 0.3 is 5.97 Å². The van der Waals surface area contributed by atoms with Crippen molar-refractivity contribution in [1.29, 1.82) is 5.26 Å². The standard InChI is InChI=1S/C21H22N4O3/c1-5-27-21(26)18-14(4)28-20(23)15(11-22)19(18)17-13(3)9-12(2)10-16(17)25-8-6-7-24-25/h6-10,19H,5,23H2,1-4H3. The van der Waals surface area contributed by atoms with Crippen LogP contribution in [0.1, 0.15) is 36.5 Å². The third-order valence-electron chi connectivity index (χ3n) is 4.65. The molecular weight excluding hydrogens is 356 g/mol. The fraction of sp³-hybridized carbons (Fsp3) is 0.286. The van der Waals surface area contributed by atoms with Gasteiger partial charge in [-0.2, -0.15) is 10.4 Å². The Labute approximate surface area is 163 Å². The number of benzene rings is 1. The first kappa shape index (κ1) is 19.2. The van der Waals surface area contributed by atoms with Crippen molar-refractivity contribution in [2.24, 2.45) is 5.73 Å². The lowest BCUT2D eigenvalue weighted by atomic mass is 9.80. The van der Waals surface area contributed by atoms with E-state index in [-0.39, 0.29) is 23.6 Å². The highest BCUT2D eigenvalue weighted by atomic mass is 16.5. The molecule has 0 saturated carbocycles. The third-order valence-corrected chi connectivity index (χ3v) is 4.65. The van der Waals surface area contributed by atoms with Crippen LogP contribution in [0.5, 0.6) is 0 Å². The lowest BCUT2D eigenvalue weighted by Crippen LogP contribution is -2.27. The van der Waals surface area contributed by atoms with Crippen molar-refractivity contribution < 1.29 is 14.3 Å². The quantitative estimate of drug-likeness (QED) is 0.820. The van der Waals surface area contributed by atoms with E-state index in [9.17, 15) is 10.1 Å². The molecule has 0 spiro atoms. The van der Waals surface area contributed by atoms with Gasteiger partial charge in [-0.1, -0.05) is 6.07 Å². The molecule has 3 rings (SSSR count). The summed E-state index contributed by atoms with van der Waals surface area (Å²) in [5, 5.41) is 14.2. The van der Waals surface area contributed by atoms with E-state index in [2.05, 4.69) is 11.2 Å². The van der Waals surface area contributed by atoms with Crippen molar-refractivity contribution >= 4 is 5.97 Å². The Morgan fingerprint density at radius 2 is 2.14 bits per heavy atom. The van der Waals surface area contributed by atoms with Crippen LogP contribution in [0, 0.1) is 25.2 Å². The number of esters is 1. The largest absolute Gasteiger partial charge is 0.463 e. The molecule has 1 unspecified atom stereocenters. The minimum Gasteiger partial charge on any atom is -0.463 e. The highest BCUT2D eigenvalue weighted by molar-refractivity contribution is 5.93. The molecule has 28 heavy (non-hydrogen) atoms. The van der Waals surface area contributed by atoms with Gasteiger partial charge in [0.05, 0.1) is 23.8 Å². The first-order valence-electron chi connectivity index (χ1n) is 8.95. The van der Waals surface area contributed by atoms with Gasteiger partial charge in [0.1, 0.15) is 17.4 Å². The molecule has 1 atom stereocenters. The van der Waals surface area contributed by atoms with E-state index in [1.807, 2.05) is 38.2 Å². The number of hydrogen-bond acceptors (Lipinski definition) is 6. The summed E-state index contributed by atoms with van der Waals surface area (Å²) in [7, 11) is 0. The van der Waals surface area contributed by atoms with Gasteiger partial charge in [0.25, 0.3) is 0 Å². The van der Waals surface area contributed by atoms with E-state index >= 15 is 0 Å². The fourth-order valence-corrected chi connectivity index (χ4v) is 3.58. The van der Waals surface area contributed by atoms with E-state index in [0.29, 0.717) is 5.76 Å². The lowest BCUT2D eigenvalue weighted by molar-refractivity contribution is -0.139. The Morgan fingerprint density at radius 1 is 1.39 bits per heavy atom. The summed E-state index contributed by atoms with van der Waals surface area (Å²) in [5.74, 6) is -0.926. The van der Waals surface area contributed by atoms with Gasteiger partial charge in [-0.3, -0.25) is 0 Å². The van der Waals surface area contributed by atoms with E-state index in [0.717, 1.165) is 22.4 Å². The van der Waals surface area contributed by atoms with Crippen molar-refractivity contribution in [3.8, 4) is 11.8 Å². The molecule has 1 aromatic heterocycles. The summed E-state index contributed by atoms with van der Waals surface area (Å²) in [6.45, 7) is 7.51. The van der Waals surface area contributed by atoms with Gasteiger partial charge in [-0.05, 0) is 56.5 Å². The smallest absolute Gasteiger partial charge is 0.338 e. The van der Waals surface area contributed by atoms with Crippen LogP contribution >= 0.6 is 0 Å². The summed E-state index contributed by atoms with van der Waals surface area (Å²) in [6, 6.07) is 7.90. The molecule has 2 N–H and O–H groups in total. The average Bonchev–Trinajstić information content (AvgIpc) is 3.15.